The van der Waals surface area contributed by atoms with E-state index in [9.17, 15) is 9.59 Å². The van der Waals surface area contributed by atoms with E-state index in [1.54, 1.807) is 0 Å². The van der Waals surface area contributed by atoms with E-state index in [0.717, 1.165) is 50.1 Å². The number of likely N-dealkylation sites (N-methyl/N-ethyl adjacent to an activating group) is 1. The molecule has 0 aromatic heterocycles. The molecule has 0 unspecified atom stereocenters. The van der Waals surface area contributed by atoms with Gasteiger partial charge in [0.1, 0.15) is 0 Å². The van der Waals surface area contributed by atoms with Crippen molar-refractivity contribution < 1.29 is 9.59 Å². The Morgan fingerprint density at radius 1 is 1.28 bits per heavy atom. The summed E-state index contributed by atoms with van der Waals surface area (Å²) in [6, 6.07) is 8.31. The first kappa shape index (κ1) is 17.9. The van der Waals surface area contributed by atoms with Crippen molar-refractivity contribution in [2.45, 2.75) is 51.6 Å². The molecule has 1 atom stereocenters. The molecule has 1 aromatic carbocycles. The molecule has 1 fully saturated rings. The van der Waals surface area contributed by atoms with Crippen LogP contribution in [0, 0.1) is 0 Å². The van der Waals surface area contributed by atoms with Gasteiger partial charge in [-0.25, -0.2) is 0 Å². The molecule has 0 spiro atoms. The third-order valence-electron chi connectivity index (χ3n) is 5.42. The van der Waals surface area contributed by atoms with Crippen LogP contribution >= 0.6 is 0 Å². The Morgan fingerprint density at radius 2 is 2.12 bits per heavy atom. The van der Waals surface area contributed by atoms with Crippen molar-refractivity contribution in [2.24, 2.45) is 0 Å². The van der Waals surface area contributed by atoms with E-state index in [2.05, 4.69) is 17.1 Å². The Bertz CT molecular complexity index is 617. The van der Waals surface area contributed by atoms with Gasteiger partial charge in [0.25, 0.3) is 5.91 Å². The lowest BCUT2D eigenvalue weighted by Crippen LogP contribution is -2.40. The quantitative estimate of drug-likeness (QED) is 0.738. The molecule has 25 heavy (non-hydrogen) atoms. The van der Waals surface area contributed by atoms with E-state index < -0.39 is 0 Å². The van der Waals surface area contributed by atoms with Gasteiger partial charge >= 0.3 is 0 Å². The third-order valence-corrected chi connectivity index (χ3v) is 5.42. The average molecular weight is 343 g/mol. The SMILES string of the molecule is CCN1CCC[C@@H]1CNC(=O)CCCCN1Cc2ccccc2C1=O. The molecule has 2 aliphatic heterocycles. The number of carbonyl (C=O) groups excluding carboxylic acids is 2. The zero-order valence-corrected chi connectivity index (χ0v) is 15.2. The summed E-state index contributed by atoms with van der Waals surface area (Å²) in [6.07, 6.45) is 4.67. The minimum absolute atomic E-state index is 0.126. The zero-order chi connectivity index (χ0) is 17.6. The highest BCUT2D eigenvalue weighted by Crippen LogP contribution is 2.22. The van der Waals surface area contributed by atoms with Crippen LogP contribution in [0.5, 0.6) is 0 Å². The number of amides is 2. The Hall–Kier alpha value is -1.88. The Morgan fingerprint density at radius 3 is 2.92 bits per heavy atom. The van der Waals surface area contributed by atoms with Crippen molar-refractivity contribution in [1.82, 2.24) is 15.1 Å². The summed E-state index contributed by atoms with van der Waals surface area (Å²) in [6.45, 7) is 6.60. The van der Waals surface area contributed by atoms with Crippen LogP contribution in [-0.2, 0) is 11.3 Å². The second-order valence-corrected chi connectivity index (χ2v) is 7.07. The Labute approximate surface area is 150 Å². The lowest BCUT2D eigenvalue weighted by molar-refractivity contribution is -0.121. The average Bonchev–Trinajstić information content (AvgIpc) is 3.21. The fourth-order valence-corrected chi connectivity index (χ4v) is 3.95. The van der Waals surface area contributed by atoms with Crippen LogP contribution in [0.25, 0.3) is 0 Å². The van der Waals surface area contributed by atoms with Gasteiger partial charge in [-0.3, -0.25) is 14.5 Å². The van der Waals surface area contributed by atoms with Crippen molar-refractivity contribution in [3.63, 3.8) is 0 Å². The number of fused-ring (bicyclic) bond motifs is 1. The summed E-state index contributed by atoms with van der Waals surface area (Å²) in [5.41, 5.74) is 1.94. The molecule has 2 aliphatic rings. The van der Waals surface area contributed by atoms with Gasteiger partial charge in [-0.15, -0.1) is 0 Å². The van der Waals surface area contributed by atoms with E-state index in [4.69, 9.17) is 0 Å². The highest BCUT2D eigenvalue weighted by atomic mass is 16.2. The summed E-state index contributed by atoms with van der Waals surface area (Å²) in [4.78, 5) is 28.6. The maximum atomic E-state index is 12.3. The first-order valence-corrected chi connectivity index (χ1v) is 9.57. The van der Waals surface area contributed by atoms with Crippen molar-refractivity contribution in [3.8, 4) is 0 Å². The van der Waals surface area contributed by atoms with Crippen molar-refractivity contribution in [2.75, 3.05) is 26.2 Å². The number of benzene rings is 1. The van der Waals surface area contributed by atoms with Crippen molar-refractivity contribution in [1.29, 1.82) is 0 Å². The molecule has 2 heterocycles. The van der Waals surface area contributed by atoms with Gasteiger partial charge in [0, 0.05) is 37.7 Å². The molecule has 1 N–H and O–H groups in total. The zero-order valence-electron chi connectivity index (χ0n) is 15.2. The summed E-state index contributed by atoms with van der Waals surface area (Å²) in [7, 11) is 0. The Balaban J connectivity index is 1.31. The normalized spacial score (nSPS) is 20.1. The van der Waals surface area contributed by atoms with Crippen LogP contribution in [-0.4, -0.2) is 53.8 Å². The number of hydrogen-bond acceptors (Lipinski definition) is 3. The van der Waals surface area contributed by atoms with Crippen LogP contribution in [0.15, 0.2) is 24.3 Å². The van der Waals surface area contributed by atoms with Crippen LogP contribution in [0.3, 0.4) is 0 Å². The van der Waals surface area contributed by atoms with Crippen LogP contribution in [0.4, 0.5) is 0 Å². The Kier molecular flexibility index (Phi) is 6.08. The molecule has 2 amide bonds. The topological polar surface area (TPSA) is 52.7 Å². The maximum Gasteiger partial charge on any atom is 0.254 e. The maximum absolute atomic E-state index is 12.3. The molecule has 5 heteroatoms. The van der Waals surface area contributed by atoms with E-state index in [1.807, 2.05) is 29.2 Å². The number of nitrogens with zero attached hydrogens (tertiary/aromatic N) is 2. The van der Waals surface area contributed by atoms with Crippen molar-refractivity contribution in [3.05, 3.63) is 35.4 Å². The van der Waals surface area contributed by atoms with Gasteiger partial charge < -0.3 is 10.2 Å². The molecule has 1 saturated heterocycles. The van der Waals surface area contributed by atoms with Gasteiger partial charge in [-0.1, -0.05) is 25.1 Å². The molecule has 5 nitrogen and oxygen atoms in total. The third kappa shape index (κ3) is 4.40. The minimum Gasteiger partial charge on any atom is -0.355 e. The number of likely N-dealkylation sites (tertiary alicyclic amines) is 1. The summed E-state index contributed by atoms with van der Waals surface area (Å²) in [5, 5.41) is 3.08. The first-order chi connectivity index (χ1) is 12.2. The second kappa shape index (κ2) is 8.48. The minimum atomic E-state index is 0.126. The second-order valence-electron chi connectivity index (χ2n) is 7.07. The number of nitrogens with one attached hydrogen (secondary N) is 1. The van der Waals surface area contributed by atoms with Crippen LogP contribution < -0.4 is 5.32 Å². The molecular weight excluding hydrogens is 314 g/mol. The molecule has 136 valence electrons. The lowest BCUT2D eigenvalue weighted by atomic mass is 10.1. The van der Waals surface area contributed by atoms with Gasteiger partial charge in [0.05, 0.1) is 0 Å². The highest BCUT2D eigenvalue weighted by molar-refractivity contribution is 5.98. The van der Waals surface area contributed by atoms with Crippen molar-refractivity contribution >= 4 is 11.8 Å². The summed E-state index contributed by atoms with van der Waals surface area (Å²) >= 11 is 0. The smallest absolute Gasteiger partial charge is 0.254 e. The van der Waals surface area contributed by atoms with E-state index in [1.165, 1.54) is 12.8 Å². The molecule has 3 rings (SSSR count). The van der Waals surface area contributed by atoms with E-state index >= 15 is 0 Å². The first-order valence-electron chi connectivity index (χ1n) is 9.57. The van der Waals surface area contributed by atoms with Crippen LogP contribution in [0.1, 0.15) is 54.9 Å². The van der Waals surface area contributed by atoms with Gasteiger partial charge in [0.15, 0.2) is 0 Å². The largest absolute Gasteiger partial charge is 0.355 e. The molecule has 0 aliphatic carbocycles. The van der Waals surface area contributed by atoms with E-state index in [-0.39, 0.29) is 11.8 Å². The predicted octanol–water partition coefficient (Wildman–Crippen LogP) is 2.41. The molecule has 0 bridgehead atoms. The number of unbranched alkanes of at least 4 members (excludes halogenated alkanes) is 1. The monoisotopic (exact) mass is 343 g/mol. The molecular formula is C20H29N3O2. The number of rotatable bonds is 8. The summed E-state index contributed by atoms with van der Waals surface area (Å²) in [5.74, 6) is 0.264. The van der Waals surface area contributed by atoms with E-state index in [0.29, 0.717) is 19.0 Å². The number of carbonyl (C=O) groups is 2. The van der Waals surface area contributed by atoms with Crippen LogP contribution in [0.2, 0.25) is 0 Å². The standard InChI is InChI=1S/C20H29N3O2/c1-2-22-13-7-9-17(22)14-21-19(24)11-5-6-12-23-15-16-8-3-4-10-18(16)20(23)25/h3-4,8,10,17H,2,5-7,9,11-15H2,1H3,(H,21,24)/t17-/m1/s1. The lowest BCUT2D eigenvalue weighted by Gasteiger charge is -2.22. The fraction of sp³-hybridized carbons (Fsp3) is 0.600. The fourth-order valence-electron chi connectivity index (χ4n) is 3.95. The number of hydrogen-bond donors (Lipinski definition) is 1. The highest BCUT2D eigenvalue weighted by Gasteiger charge is 2.26. The van der Waals surface area contributed by atoms with Gasteiger partial charge in [-0.2, -0.15) is 0 Å². The molecule has 0 radical (unpaired) electrons. The predicted molar refractivity (Wildman–Crippen MR) is 98.3 cm³/mol. The van der Waals surface area contributed by atoms with Gasteiger partial charge in [-0.05, 0) is 50.4 Å². The van der Waals surface area contributed by atoms with Gasteiger partial charge in [0.2, 0.25) is 5.91 Å². The molecule has 1 aromatic rings. The summed E-state index contributed by atoms with van der Waals surface area (Å²) < 4.78 is 0. The molecule has 0 saturated carbocycles.